The summed E-state index contributed by atoms with van der Waals surface area (Å²) in [5.74, 6) is -0.964. The molecule has 0 saturated carbocycles. The maximum atomic E-state index is 10.6. The summed E-state index contributed by atoms with van der Waals surface area (Å²) in [7, 11) is 5.44. The van der Waals surface area contributed by atoms with Crippen LogP contribution in [0.1, 0.15) is 10.4 Å². The Balaban J connectivity index is 2.67. The lowest BCUT2D eigenvalue weighted by molar-refractivity contribution is 0.0696. The molecule has 5 heteroatoms. The number of hydrogen-bond donors (Lipinski definition) is 1. The SMILES string of the molecule is [B]c1cn2cc(C(=O)O)ccc2n1. The van der Waals surface area contributed by atoms with Crippen molar-refractivity contribution in [1.82, 2.24) is 9.38 Å². The Bertz CT molecular complexity index is 478. The third-order valence-corrected chi connectivity index (χ3v) is 1.72. The number of nitrogens with zero attached hydrogens (tertiary/aromatic N) is 2. The molecule has 2 radical (unpaired) electrons. The highest BCUT2D eigenvalue weighted by atomic mass is 16.4. The summed E-state index contributed by atoms with van der Waals surface area (Å²) < 4.78 is 1.58. The normalized spacial score (nSPS) is 10.5. The third-order valence-electron chi connectivity index (χ3n) is 1.72. The number of hydrogen-bond acceptors (Lipinski definition) is 2. The molecule has 0 atom stereocenters. The lowest BCUT2D eigenvalue weighted by Gasteiger charge is -1.95. The average Bonchev–Trinajstić information content (AvgIpc) is 2.42. The van der Waals surface area contributed by atoms with E-state index in [9.17, 15) is 4.79 Å². The zero-order chi connectivity index (χ0) is 9.42. The van der Waals surface area contributed by atoms with E-state index in [1.807, 2.05) is 0 Å². The van der Waals surface area contributed by atoms with E-state index in [0.29, 0.717) is 11.2 Å². The summed E-state index contributed by atoms with van der Waals surface area (Å²) in [6.07, 6.45) is 3.04. The molecule has 0 unspecified atom stereocenters. The second kappa shape index (κ2) is 2.62. The predicted octanol–water partition coefficient (Wildman–Crippen LogP) is -0.174. The topological polar surface area (TPSA) is 54.6 Å². The van der Waals surface area contributed by atoms with Gasteiger partial charge in [-0.25, -0.2) is 9.78 Å². The molecule has 0 aromatic carbocycles. The first-order valence-corrected chi connectivity index (χ1v) is 3.64. The fourth-order valence-corrected chi connectivity index (χ4v) is 1.14. The van der Waals surface area contributed by atoms with Gasteiger partial charge in [0.05, 0.1) is 5.56 Å². The van der Waals surface area contributed by atoms with Gasteiger partial charge in [-0.15, -0.1) is 0 Å². The molecule has 0 aliphatic heterocycles. The van der Waals surface area contributed by atoms with Crippen molar-refractivity contribution in [2.45, 2.75) is 0 Å². The molecule has 0 bridgehead atoms. The van der Waals surface area contributed by atoms with Gasteiger partial charge in [-0.1, -0.05) is 0 Å². The van der Waals surface area contributed by atoms with Crippen molar-refractivity contribution in [2.75, 3.05) is 0 Å². The van der Waals surface area contributed by atoms with Crippen molar-refractivity contribution >= 4 is 25.1 Å². The molecular weight excluding hydrogens is 167 g/mol. The minimum absolute atomic E-state index is 0.213. The number of fused-ring (bicyclic) bond motifs is 1. The Kier molecular flexibility index (Phi) is 1.58. The van der Waals surface area contributed by atoms with Crippen LogP contribution in [0.3, 0.4) is 0 Å². The molecule has 0 spiro atoms. The fraction of sp³-hybridized carbons (Fsp3) is 0. The van der Waals surface area contributed by atoms with Crippen molar-refractivity contribution in [1.29, 1.82) is 0 Å². The van der Waals surface area contributed by atoms with E-state index in [2.05, 4.69) is 4.98 Å². The quantitative estimate of drug-likeness (QED) is 0.607. The Morgan fingerprint density at radius 1 is 1.46 bits per heavy atom. The Morgan fingerprint density at radius 3 is 2.92 bits per heavy atom. The van der Waals surface area contributed by atoms with E-state index in [1.165, 1.54) is 12.3 Å². The zero-order valence-electron chi connectivity index (χ0n) is 6.64. The van der Waals surface area contributed by atoms with Gasteiger partial charge < -0.3 is 9.51 Å². The summed E-state index contributed by atoms with van der Waals surface area (Å²) in [6.45, 7) is 0. The van der Waals surface area contributed by atoms with Crippen molar-refractivity contribution in [3.63, 3.8) is 0 Å². The summed E-state index contributed by atoms with van der Waals surface area (Å²) in [5.41, 5.74) is 1.23. The van der Waals surface area contributed by atoms with Gasteiger partial charge in [0, 0.05) is 18.0 Å². The van der Waals surface area contributed by atoms with Crippen LogP contribution in [0.2, 0.25) is 0 Å². The molecule has 4 nitrogen and oxygen atoms in total. The largest absolute Gasteiger partial charge is 0.478 e. The van der Waals surface area contributed by atoms with Crippen LogP contribution < -0.4 is 5.59 Å². The summed E-state index contributed by atoms with van der Waals surface area (Å²) in [4.78, 5) is 14.5. The lowest BCUT2D eigenvalue weighted by atomic mass is 10.1. The number of rotatable bonds is 1. The van der Waals surface area contributed by atoms with Crippen LogP contribution in [0, 0.1) is 0 Å². The number of carboxylic acid groups (broad SMARTS) is 1. The van der Waals surface area contributed by atoms with Crippen LogP contribution in [0.5, 0.6) is 0 Å². The first kappa shape index (κ1) is 7.85. The van der Waals surface area contributed by atoms with Gasteiger partial charge in [0.15, 0.2) is 0 Å². The standard InChI is InChI=1S/C8H5BN2O2/c9-6-4-11-3-5(8(12)13)1-2-7(11)10-6/h1-4H,(H,12,13). The molecule has 0 aliphatic rings. The van der Waals surface area contributed by atoms with E-state index in [4.69, 9.17) is 13.0 Å². The minimum Gasteiger partial charge on any atom is -0.478 e. The Labute approximate surface area is 75.2 Å². The molecule has 62 valence electrons. The summed E-state index contributed by atoms with van der Waals surface area (Å²) in [6, 6.07) is 3.10. The van der Waals surface area contributed by atoms with Gasteiger partial charge >= 0.3 is 5.97 Å². The first-order chi connectivity index (χ1) is 6.16. The highest BCUT2D eigenvalue weighted by molar-refractivity contribution is 6.30. The third kappa shape index (κ3) is 1.28. The second-order valence-electron chi connectivity index (χ2n) is 2.65. The average molecular weight is 172 g/mol. The Morgan fingerprint density at radius 2 is 2.23 bits per heavy atom. The molecule has 0 saturated heterocycles. The van der Waals surface area contributed by atoms with Crippen LogP contribution in [-0.4, -0.2) is 28.3 Å². The van der Waals surface area contributed by atoms with E-state index < -0.39 is 5.97 Å². The van der Waals surface area contributed by atoms with Gasteiger partial charge in [-0.3, -0.25) is 0 Å². The van der Waals surface area contributed by atoms with Gasteiger partial charge in [0.25, 0.3) is 0 Å². The molecule has 2 heterocycles. The minimum atomic E-state index is -0.964. The molecule has 0 amide bonds. The van der Waals surface area contributed by atoms with E-state index >= 15 is 0 Å². The molecule has 13 heavy (non-hydrogen) atoms. The molecule has 2 aromatic rings. The van der Waals surface area contributed by atoms with Crippen LogP contribution in [-0.2, 0) is 0 Å². The smallest absolute Gasteiger partial charge is 0.337 e. The highest BCUT2D eigenvalue weighted by Gasteiger charge is 2.03. The van der Waals surface area contributed by atoms with E-state index in [1.54, 1.807) is 16.7 Å². The van der Waals surface area contributed by atoms with Crippen molar-refractivity contribution in [3.8, 4) is 0 Å². The van der Waals surface area contributed by atoms with E-state index in [-0.39, 0.29) is 5.56 Å². The summed E-state index contributed by atoms with van der Waals surface area (Å²) >= 11 is 0. The van der Waals surface area contributed by atoms with Crippen LogP contribution >= 0.6 is 0 Å². The number of carboxylic acids is 1. The number of aromatic nitrogens is 2. The first-order valence-electron chi connectivity index (χ1n) is 3.64. The molecule has 2 aromatic heterocycles. The van der Waals surface area contributed by atoms with Gasteiger partial charge in [0.1, 0.15) is 13.5 Å². The van der Waals surface area contributed by atoms with Crippen molar-refractivity contribution in [2.24, 2.45) is 0 Å². The number of pyridine rings is 1. The van der Waals surface area contributed by atoms with Crippen molar-refractivity contribution < 1.29 is 9.90 Å². The summed E-state index contributed by atoms with van der Waals surface area (Å²) in [5, 5.41) is 8.69. The molecule has 0 fully saturated rings. The van der Waals surface area contributed by atoms with Gasteiger partial charge in [-0.2, -0.15) is 0 Å². The van der Waals surface area contributed by atoms with Gasteiger partial charge in [0.2, 0.25) is 0 Å². The highest BCUT2D eigenvalue weighted by Crippen LogP contribution is 2.03. The molecular formula is C8H5BN2O2. The van der Waals surface area contributed by atoms with Gasteiger partial charge in [-0.05, 0) is 12.1 Å². The maximum Gasteiger partial charge on any atom is 0.337 e. The number of imidazole rings is 1. The van der Waals surface area contributed by atoms with Crippen LogP contribution in [0.4, 0.5) is 0 Å². The van der Waals surface area contributed by atoms with Crippen LogP contribution in [0.15, 0.2) is 24.5 Å². The molecule has 2 rings (SSSR count). The monoisotopic (exact) mass is 172 g/mol. The zero-order valence-corrected chi connectivity index (χ0v) is 6.64. The van der Waals surface area contributed by atoms with Crippen LogP contribution in [0.25, 0.3) is 5.65 Å². The lowest BCUT2D eigenvalue weighted by Crippen LogP contribution is -2.00. The van der Waals surface area contributed by atoms with Crippen molar-refractivity contribution in [3.05, 3.63) is 30.1 Å². The molecule has 1 N–H and O–H groups in total. The maximum absolute atomic E-state index is 10.6. The van der Waals surface area contributed by atoms with E-state index in [0.717, 1.165) is 0 Å². The fourth-order valence-electron chi connectivity index (χ4n) is 1.14. The predicted molar refractivity (Wildman–Crippen MR) is 47.5 cm³/mol. The number of carbonyl (C=O) groups is 1. The second-order valence-corrected chi connectivity index (χ2v) is 2.65. The Hall–Kier alpha value is -1.78. The number of aromatic carboxylic acids is 1. The molecule has 0 aliphatic carbocycles.